The summed E-state index contributed by atoms with van der Waals surface area (Å²) in [4.78, 5) is 22.4. The van der Waals surface area contributed by atoms with Crippen molar-refractivity contribution in [3.8, 4) is 0 Å². The molecule has 0 aromatic rings. The van der Waals surface area contributed by atoms with Crippen LogP contribution in [0.25, 0.3) is 0 Å². The smallest absolute Gasteiger partial charge is 0.239 e. The van der Waals surface area contributed by atoms with Crippen molar-refractivity contribution in [3.05, 3.63) is 0 Å². The molecular formula is C11H21N3O2S. The summed E-state index contributed by atoms with van der Waals surface area (Å²) in [5.74, 6) is -0.451. The number of hydrogen-bond acceptors (Lipinski definition) is 4. The molecule has 1 saturated carbocycles. The SMILES string of the molecule is CSC1(CNC(=O)CNC(=O)CN)CCCC1. The van der Waals surface area contributed by atoms with Crippen molar-refractivity contribution in [2.75, 3.05) is 25.9 Å². The van der Waals surface area contributed by atoms with Gasteiger partial charge in [-0.15, -0.1) is 0 Å². The number of hydrogen-bond donors (Lipinski definition) is 3. The molecule has 0 saturated heterocycles. The lowest BCUT2D eigenvalue weighted by atomic mass is 10.1. The van der Waals surface area contributed by atoms with Gasteiger partial charge in [-0.3, -0.25) is 9.59 Å². The van der Waals surface area contributed by atoms with E-state index in [0.29, 0.717) is 6.54 Å². The van der Waals surface area contributed by atoms with Crippen molar-refractivity contribution in [1.29, 1.82) is 0 Å². The zero-order valence-electron chi connectivity index (χ0n) is 10.3. The van der Waals surface area contributed by atoms with Gasteiger partial charge in [-0.05, 0) is 19.1 Å². The molecule has 0 aliphatic heterocycles. The summed E-state index contributed by atoms with van der Waals surface area (Å²) < 4.78 is 0.202. The Morgan fingerprint density at radius 1 is 1.24 bits per heavy atom. The molecule has 98 valence electrons. The monoisotopic (exact) mass is 259 g/mol. The zero-order valence-corrected chi connectivity index (χ0v) is 11.1. The van der Waals surface area contributed by atoms with Gasteiger partial charge in [-0.2, -0.15) is 11.8 Å². The molecule has 6 heteroatoms. The Labute approximate surface area is 106 Å². The second-order valence-corrected chi connectivity index (χ2v) is 5.63. The van der Waals surface area contributed by atoms with Gasteiger partial charge in [0.15, 0.2) is 0 Å². The first-order chi connectivity index (χ1) is 8.12. The summed E-state index contributed by atoms with van der Waals surface area (Å²) in [6, 6.07) is 0. The first-order valence-electron chi connectivity index (χ1n) is 5.90. The number of nitrogens with one attached hydrogen (secondary N) is 2. The van der Waals surface area contributed by atoms with Gasteiger partial charge in [0.2, 0.25) is 11.8 Å². The number of carbonyl (C=O) groups excluding carboxylic acids is 2. The molecule has 1 aliphatic rings. The van der Waals surface area contributed by atoms with Crippen LogP contribution >= 0.6 is 11.8 Å². The maximum absolute atomic E-state index is 11.5. The highest BCUT2D eigenvalue weighted by Crippen LogP contribution is 2.39. The Kier molecular flexibility index (Phi) is 5.77. The van der Waals surface area contributed by atoms with E-state index in [1.807, 2.05) is 11.8 Å². The second kappa shape index (κ2) is 6.86. The predicted molar refractivity (Wildman–Crippen MR) is 69.8 cm³/mol. The topological polar surface area (TPSA) is 84.2 Å². The van der Waals surface area contributed by atoms with Crippen LogP contribution in [0.3, 0.4) is 0 Å². The third kappa shape index (κ3) is 4.55. The zero-order chi connectivity index (χ0) is 12.7. The summed E-state index contributed by atoms with van der Waals surface area (Å²) in [6.07, 6.45) is 6.88. The third-order valence-corrected chi connectivity index (χ3v) is 4.61. The normalized spacial score (nSPS) is 17.8. The van der Waals surface area contributed by atoms with E-state index in [1.54, 1.807) is 0 Å². The van der Waals surface area contributed by atoms with E-state index in [1.165, 1.54) is 12.8 Å². The quantitative estimate of drug-likeness (QED) is 0.619. The van der Waals surface area contributed by atoms with Gasteiger partial charge in [0.1, 0.15) is 0 Å². The lowest BCUT2D eigenvalue weighted by molar-refractivity contribution is -0.125. The number of amides is 2. The van der Waals surface area contributed by atoms with Crippen molar-refractivity contribution in [2.45, 2.75) is 30.4 Å². The molecule has 1 aliphatic carbocycles. The van der Waals surface area contributed by atoms with Gasteiger partial charge in [0.25, 0.3) is 0 Å². The Hall–Kier alpha value is -0.750. The molecule has 4 N–H and O–H groups in total. The molecule has 0 unspecified atom stereocenters. The molecular weight excluding hydrogens is 238 g/mol. The number of carbonyl (C=O) groups is 2. The number of nitrogens with two attached hydrogens (primary N) is 1. The van der Waals surface area contributed by atoms with Crippen LogP contribution in [0.4, 0.5) is 0 Å². The molecule has 0 aromatic heterocycles. The highest BCUT2D eigenvalue weighted by atomic mass is 32.2. The van der Waals surface area contributed by atoms with E-state index in [-0.39, 0.29) is 29.7 Å². The van der Waals surface area contributed by atoms with E-state index in [9.17, 15) is 9.59 Å². The molecule has 0 spiro atoms. The predicted octanol–water partition coefficient (Wildman–Crippen LogP) is -0.147. The van der Waals surface area contributed by atoms with Crippen LogP contribution < -0.4 is 16.4 Å². The van der Waals surface area contributed by atoms with Crippen LogP contribution in [0, 0.1) is 0 Å². The molecule has 1 fully saturated rings. The molecule has 0 aromatic carbocycles. The van der Waals surface area contributed by atoms with E-state index in [2.05, 4.69) is 16.9 Å². The van der Waals surface area contributed by atoms with E-state index < -0.39 is 0 Å². The van der Waals surface area contributed by atoms with E-state index in [0.717, 1.165) is 12.8 Å². The van der Waals surface area contributed by atoms with Crippen molar-refractivity contribution in [3.63, 3.8) is 0 Å². The largest absolute Gasteiger partial charge is 0.353 e. The molecule has 17 heavy (non-hydrogen) atoms. The first kappa shape index (κ1) is 14.3. The van der Waals surface area contributed by atoms with Crippen LogP contribution in [0.2, 0.25) is 0 Å². The maximum Gasteiger partial charge on any atom is 0.239 e. The van der Waals surface area contributed by atoms with E-state index >= 15 is 0 Å². The van der Waals surface area contributed by atoms with Gasteiger partial charge < -0.3 is 16.4 Å². The highest BCUT2D eigenvalue weighted by molar-refractivity contribution is 8.00. The molecule has 0 radical (unpaired) electrons. The van der Waals surface area contributed by atoms with Gasteiger partial charge in [-0.25, -0.2) is 0 Å². The minimum absolute atomic E-state index is 0.0144. The Morgan fingerprint density at radius 3 is 2.41 bits per heavy atom. The van der Waals surface area contributed by atoms with Crippen molar-refractivity contribution < 1.29 is 9.59 Å². The Bertz CT molecular complexity index is 278. The van der Waals surface area contributed by atoms with Crippen LogP contribution in [-0.4, -0.2) is 42.5 Å². The van der Waals surface area contributed by atoms with Crippen LogP contribution in [-0.2, 0) is 9.59 Å². The summed E-state index contributed by atoms with van der Waals surface area (Å²) in [5.41, 5.74) is 5.13. The van der Waals surface area contributed by atoms with Gasteiger partial charge in [-0.1, -0.05) is 12.8 Å². The van der Waals surface area contributed by atoms with Crippen molar-refractivity contribution in [1.82, 2.24) is 10.6 Å². The summed E-state index contributed by atoms with van der Waals surface area (Å²) in [5, 5.41) is 5.34. The van der Waals surface area contributed by atoms with Gasteiger partial charge in [0.05, 0.1) is 13.1 Å². The highest BCUT2D eigenvalue weighted by Gasteiger charge is 2.33. The number of thioether (sulfide) groups is 1. The third-order valence-electron chi connectivity index (χ3n) is 3.19. The lowest BCUT2D eigenvalue weighted by Crippen LogP contribution is -2.44. The minimum Gasteiger partial charge on any atom is -0.353 e. The Morgan fingerprint density at radius 2 is 1.88 bits per heavy atom. The van der Waals surface area contributed by atoms with Gasteiger partial charge in [0, 0.05) is 11.3 Å². The molecule has 5 nitrogen and oxygen atoms in total. The number of rotatable bonds is 6. The summed E-state index contributed by atoms with van der Waals surface area (Å²) in [7, 11) is 0. The fraction of sp³-hybridized carbons (Fsp3) is 0.818. The van der Waals surface area contributed by atoms with Gasteiger partial charge >= 0.3 is 0 Å². The van der Waals surface area contributed by atoms with Crippen LogP contribution in [0.15, 0.2) is 0 Å². The van der Waals surface area contributed by atoms with Crippen molar-refractivity contribution >= 4 is 23.6 Å². The molecule has 0 atom stereocenters. The fourth-order valence-electron chi connectivity index (χ4n) is 2.05. The van der Waals surface area contributed by atoms with E-state index in [4.69, 9.17) is 5.73 Å². The maximum atomic E-state index is 11.5. The van der Waals surface area contributed by atoms with Crippen LogP contribution in [0.1, 0.15) is 25.7 Å². The average molecular weight is 259 g/mol. The van der Waals surface area contributed by atoms with Crippen molar-refractivity contribution in [2.24, 2.45) is 5.73 Å². The lowest BCUT2D eigenvalue weighted by Gasteiger charge is -2.26. The molecule has 2 amide bonds. The second-order valence-electron chi connectivity index (χ2n) is 4.35. The molecule has 0 heterocycles. The standard InChI is InChI=1S/C11H21N3O2S/c1-17-11(4-2-3-5-11)8-14-10(16)7-13-9(15)6-12/h2-8,12H2,1H3,(H,13,15)(H,14,16). The fourth-order valence-corrected chi connectivity index (χ4v) is 2.96. The minimum atomic E-state index is -0.305. The molecule has 1 rings (SSSR count). The summed E-state index contributed by atoms with van der Waals surface area (Å²) >= 11 is 1.83. The average Bonchev–Trinajstić information content (AvgIpc) is 2.82. The summed E-state index contributed by atoms with van der Waals surface area (Å²) in [6.45, 7) is 0.619. The molecule has 0 bridgehead atoms. The van der Waals surface area contributed by atoms with Crippen LogP contribution in [0.5, 0.6) is 0 Å². The first-order valence-corrected chi connectivity index (χ1v) is 7.13. The Balaban J connectivity index is 2.25.